The molecule has 118 valence electrons. The van der Waals surface area contributed by atoms with Gasteiger partial charge in [0.25, 0.3) is 0 Å². The van der Waals surface area contributed by atoms with E-state index in [9.17, 15) is 14.7 Å². The summed E-state index contributed by atoms with van der Waals surface area (Å²) in [4.78, 5) is 25.8. The number of nitrogens with zero attached hydrogens (tertiary/aromatic N) is 1. The number of amides is 1. The molecule has 4 nitrogen and oxygen atoms in total. The van der Waals surface area contributed by atoms with Crippen LogP contribution in [0.1, 0.15) is 29.5 Å². The Morgan fingerprint density at radius 2 is 1.78 bits per heavy atom. The molecule has 3 rings (SSSR count). The highest BCUT2D eigenvalue weighted by Crippen LogP contribution is 2.36. The molecule has 0 saturated carbocycles. The predicted octanol–water partition coefficient (Wildman–Crippen LogP) is 2.83. The van der Waals surface area contributed by atoms with Crippen molar-refractivity contribution >= 4 is 11.9 Å². The number of fused-ring (bicyclic) bond motifs is 1. The summed E-state index contributed by atoms with van der Waals surface area (Å²) in [5.74, 6) is -1.32. The van der Waals surface area contributed by atoms with Gasteiger partial charge in [0.15, 0.2) is 0 Å². The van der Waals surface area contributed by atoms with Crippen molar-refractivity contribution < 1.29 is 14.7 Å². The van der Waals surface area contributed by atoms with Gasteiger partial charge >= 0.3 is 5.97 Å². The van der Waals surface area contributed by atoms with E-state index in [0.717, 1.165) is 11.1 Å². The second-order valence-corrected chi connectivity index (χ2v) is 5.92. The SMILES string of the molecule is CC(C(=O)O)N(Cc1ccccc1)C(=O)C1Cc2ccccc21. The van der Waals surface area contributed by atoms with Gasteiger partial charge in [-0.15, -0.1) is 0 Å². The van der Waals surface area contributed by atoms with Gasteiger partial charge in [0.1, 0.15) is 6.04 Å². The molecule has 1 N–H and O–H groups in total. The quantitative estimate of drug-likeness (QED) is 0.924. The Labute approximate surface area is 135 Å². The summed E-state index contributed by atoms with van der Waals surface area (Å²) in [5, 5.41) is 9.35. The molecule has 1 amide bonds. The average molecular weight is 309 g/mol. The molecule has 23 heavy (non-hydrogen) atoms. The van der Waals surface area contributed by atoms with Crippen LogP contribution in [0.3, 0.4) is 0 Å². The second-order valence-electron chi connectivity index (χ2n) is 5.92. The Bertz CT molecular complexity index is 726. The molecule has 0 heterocycles. The maximum Gasteiger partial charge on any atom is 0.326 e. The van der Waals surface area contributed by atoms with E-state index in [4.69, 9.17) is 0 Å². The number of rotatable bonds is 5. The summed E-state index contributed by atoms with van der Waals surface area (Å²) in [6.45, 7) is 1.87. The molecule has 4 heteroatoms. The summed E-state index contributed by atoms with van der Waals surface area (Å²) >= 11 is 0. The number of carbonyl (C=O) groups excluding carboxylic acids is 1. The normalized spacial score (nSPS) is 16.8. The lowest BCUT2D eigenvalue weighted by Gasteiger charge is -2.35. The van der Waals surface area contributed by atoms with Gasteiger partial charge in [-0.25, -0.2) is 4.79 Å². The van der Waals surface area contributed by atoms with Crippen LogP contribution in [0.2, 0.25) is 0 Å². The van der Waals surface area contributed by atoms with Gasteiger partial charge in [0.05, 0.1) is 5.92 Å². The Hall–Kier alpha value is -2.62. The number of hydrogen-bond acceptors (Lipinski definition) is 2. The lowest BCUT2D eigenvalue weighted by atomic mass is 9.76. The zero-order chi connectivity index (χ0) is 16.4. The fourth-order valence-electron chi connectivity index (χ4n) is 3.00. The number of hydrogen-bond donors (Lipinski definition) is 1. The fraction of sp³-hybridized carbons (Fsp3) is 0.263. The van der Waals surface area contributed by atoms with Crippen molar-refractivity contribution in [3.63, 3.8) is 0 Å². The van der Waals surface area contributed by atoms with Crippen LogP contribution in [0.5, 0.6) is 0 Å². The standard InChI is InChI=1S/C19H19NO3/c1-13(19(22)23)20(12-14-7-3-2-4-8-14)18(21)17-11-15-9-5-6-10-16(15)17/h2-10,13,17H,11-12H2,1H3,(H,22,23). The van der Waals surface area contributed by atoms with Crippen LogP contribution in [0.25, 0.3) is 0 Å². The van der Waals surface area contributed by atoms with E-state index in [1.807, 2.05) is 54.6 Å². The first kappa shape index (κ1) is 15.3. The highest BCUT2D eigenvalue weighted by atomic mass is 16.4. The summed E-state index contributed by atoms with van der Waals surface area (Å²) in [6.07, 6.45) is 0.687. The summed E-state index contributed by atoms with van der Waals surface area (Å²) in [7, 11) is 0. The van der Waals surface area contributed by atoms with Crippen molar-refractivity contribution in [2.75, 3.05) is 0 Å². The van der Waals surface area contributed by atoms with E-state index in [1.165, 1.54) is 10.5 Å². The van der Waals surface area contributed by atoms with Gasteiger partial charge in [0.2, 0.25) is 5.91 Å². The maximum absolute atomic E-state index is 12.9. The number of carboxylic acid groups (broad SMARTS) is 1. The van der Waals surface area contributed by atoms with Gasteiger partial charge < -0.3 is 10.0 Å². The number of carbonyl (C=O) groups is 2. The van der Waals surface area contributed by atoms with Crippen molar-refractivity contribution in [2.24, 2.45) is 0 Å². The molecule has 2 aromatic rings. The highest BCUT2D eigenvalue weighted by molar-refractivity contribution is 5.90. The van der Waals surface area contributed by atoms with Crippen LogP contribution in [0.4, 0.5) is 0 Å². The third kappa shape index (κ3) is 2.97. The lowest BCUT2D eigenvalue weighted by Crippen LogP contribution is -2.46. The first-order valence-corrected chi connectivity index (χ1v) is 7.73. The summed E-state index contributed by atoms with van der Waals surface area (Å²) in [6, 6.07) is 16.5. The highest BCUT2D eigenvalue weighted by Gasteiger charge is 2.37. The zero-order valence-corrected chi connectivity index (χ0v) is 13.0. The third-order valence-corrected chi connectivity index (χ3v) is 4.46. The minimum Gasteiger partial charge on any atom is -0.480 e. The molecule has 0 spiro atoms. The molecular weight excluding hydrogens is 290 g/mol. The Kier molecular flexibility index (Phi) is 4.15. The predicted molar refractivity (Wildman–Crippen MR) is 87.0 cm³/mol. The molecular formula is C19H19NO3. The largest absolute Gasteiger partial charge is 0.480 e. The van der Waals surface area contributed by atoms with E-state index >= 15 is 0 Å². The van der Waals surface area contributed by atoms with Gasteiger partial charge in [-0.3, -0.25) is 4.79 Å². The molecule has 1 aliphatic carbocycles. The van der Waals surface area contributed by atoms with Crippen LogP contribution in [-0.2, 0) is 22.6 Å². The molecule has 2 unspecified atom stereocenters. The van der Waals surface area contributed by atoms with Crippen molar-refractivity contribution in [1.82, 2.24) is 4.90 Å². The number of carboxylic acids is 1. The molecule has 0 aliphatic heterocycles. The summed E-state index contributed by atoms with van der Waals surface area (Å²) in [5.41, 5.74) is 3.13. The van der Waals surface area contributed by atoms with Crippen LogP contribution in [-0.4, -0.2) is 27.9 Å². The van der Waals surface area contributed by atoms with Crippen LogP contribution >= 0.6 is 0 Å². The molecule has 0 aromatic heterocycles. The molecule has 2 aromatic carbocycles. The molecule has 0 radical (unpaired) electrons. The van der Waals surface area contributed by atoms with Crippen LogP contribution < -0.4 is 0 Å². The van der Waals surface area contributed by atoms with E-state index in [0.29, 0.717) is 13.0 Å². The zero-order valence-electron chi connectivity index (χ0n) is 13.0. The minimum absolute atomic E-state index is 0.109. The molecule has 2 atom stereocenters. The Morgan fingerprint density at radius 1 is 1.13 bits per heavy atom. The lowest BCUT2D eigenvalue weighted by molar-refractivity contribution is -0.150. The van der Waals surface area contributed by atoms with Crippen LogP contribution in [0, 0.1) is 0 Å². The van der Waals surface area contributed by atoms with Crippen LogP contribution in [0.15, 0.2) is 54.6 Å². The molecule has 0 bridgehead atoms. The Morgan fingerprint density at radius 3 is 2.43 bits per heavy atom. The van der Waals surface area contributed by atoms with Crippen molar-refractivity contribution in [1.29, 1.82) is 0 Å². The maximum atomic E-state index is 12.9. The van der Waals surface area contributed by atoms with E-state index in [2.05, 4.69) is 0 Å². The molecule has 1 aliphatic rings. The smallest absolute Gasteiger partial charge is 0.326 e. The van der Waals surface area contributed by atoms with Gasteiger partial charge in [-0.1, -0.05) is 54.6 Å². The van der Waals surface area contributed by atoms with E-state index in [1.54, 1.807) is 6.92 Å². The first-order chi connectivity index (χ1) is 11.1. The minimum atomic E-state index is -0.984. The molecule has 0 saturated heterocycles. The monoisotopic (exact) mass is 309 g/mol. The number of benzene rings is 2. The Balaban J connectivity index is 1.84. The number of aliphatic carboxylic acids is 1. The third-order valence-electron chi connectivity index (χ3n) is 4.46. The molecule has 0 fully saturated rings. The van der Waals surface area contributed by atoms with Gasteiger partial charge in [-0.05, 0) is 30.0 Å². The van der Waals surface area contributed by atoms with Gasteiger partial charge in [-0.2, -0.15) is 0 Å². The van der Waals surface area contributed by atoms with E-state index < -0.39 is 12.0 Å². The van der Waals surface area contributed by atoms with Crippen molar-refractivity contribution in [3.8, 4) is 0 Å². The summed E-state index contributed by atoms with van der Waals surface area (Å²) < 4.78 is 0. The van der Waals surface area contributed by atoms with Crippen molar-refractivity contribution in [2.45, 2.75) is 31.8 Å². The van der Waals surface area contributed by atoms with Gasteiger partial charge in [0, 0.05) is 6.54 Å². The van der Waals surface area contributed by atoms with E-state index in [-0.39, 0.29) is 11.8 Å². The topological polar surface area (TPSA) is 57.6 Å². The second kappa shape index (κ2) is 6.24. The average Bonchev–Trinajstić information content (AvgIpc) is 2.54. The van der Waals surface area contributed by atoms with Crippen molar-refractivity contribution in [3.05, 3.63) is 71.3 Å². The first-order valence-electron chi connectivity index (χ1n) is 7.73. The fourth-order valence-corrected chi connectivity index (χ4v) is 3.00.